The van der Waals surface area contributed by atoms with Crippen molar-refractivity contribution in [1.82, 2.24) is 0 Å². The molecule has 3 nitrogen and oxygen atoms in total. The Labute approximate surface area is 60.5 Å². The molecule has 3 heteroatoms. The minimum atomic E-state index is -0.794. The minimum Gasteiger partial charge on any atom is -0.481 e. The second-order valence-electron chi connectivity index (χ2n) is 2.22. The molecule has 58 valence electrons. The maximum Gasteiger partial charge on any atom is 0.303 e. The lowest BCUT2D eigenvalue weighted by Crippen LogP contribution is -2.17. The van der Waals surface area contributed by atoms with Crippen molar-refractivity contribution in [2.24, 2.45) is 11.7 Å². The topological polar surface area (TPSA) is 63.3 Å². The predicted molar refractivity (Wildman–Crippen MR) is 39.6 cm³/mol. The Balaban J connectivity index is 3.59. The number of nitrogens with two attached hydrogens (primary N) is 1. The van der Waals surface area contributed by atoms with Crippen LogP contribution in [-0.4, -0.2) is 17.6 Å². The molecule has 3 N–H and O–H groups in total. The molecular formula is C7H13NO2. The van der Waals surface area contributed by atoms with Crippen LogP contribution in [-0.2, 0) is 4.79 Å². The van der Waals surface area contributed by atoms with E-state index in [0.717, 1.165) is 0 Å². The van der Waals surface area contributed by atoms with E-state index in [-0.39, 0.29) is 12.3 Å². The third-order valence-electron chi connectivity index (χ3n) is 1.30. The SMILES string of the molecule is C=CCC(CN)CC(=O)O. The van der Waals surface area contributed by atoms with Crippen LogP contribution in [0.1, 0.15) is 12.8 Å². The monoisotopic (exact) mass is 143 g/mol. The van der Waals surface area contributed by atoms with E-state index in [2.05, 4.69) is 6.58 Å². The second-order valence-corrected chi connectivity index (χ2v) is 2.22. The zero-order valence-corrected chi connectivity index (χ0v) is 5.92. The molecular weight excluding hydrogens is 130 g/mol. The van der Waals surface area contributed by atoms with Gasteiger partial charge in [-0.2, -0.15) is 0 Å². The van der Waals surface area contributed by atoms with Crippen LogP contribution in [0.3, 0.4) is 0 Å². The van der Waals surface area contributed by atoms with Crippen molar-refractivity contribution >= 4 is 5.97 Å². The third-order valence-corrected chi connectivity index (χ3v) is 1.30. The Kier molecular flexibility index (Phi) is 4.58. The van der Waals surface area contributed by atoms with Gasteiger partial charge in [0.2, 0.25) is 0 Å². The summed E-state index contributed by atoms with van der Waals surface area (Å²) in [6.07, 6.45) is 2.52. The van der Waals surface area contributed by atoms with Gasteiger partial charge >= 0.3 is 5.97 Å². The average molecular weight is 143 g/mol. The number of hydrogen-bond acceptors (Lipinski definition) is 2. The van der Waals surface area contributed by atoms with Crippen LogP contribution in [0.2, 0.25) is 0 Å². The van der Waals surface area contributed by atoms with Crippen LogP contribution in [0.25, 0.3) is 0 Å². The molecule has 1 atom stereocenters. The van der Waals surface area contributed by atoms with Crippen LogP contribution in [0.4, 0.5) is 0 Å². The van der Waals surface area contributed by atoms with Crippen LogP contribution < -0.4 is 5.73 Å². The second kappa shape index (κ2) is 4.99. The van der Waals surface area contributed by atoms with Crippen molar-refractivity contribution in [3.63, 3.8) is 0 Å². The maximum atomic E-state index is 10.2. The molecule has 0 radical (unpaired) electrons. The molecule has 0 aliphatic rings. The number of rotatable bonds is 5. The molecule has 10 heavy (non-hydrogen) atoms. The molecule has 0 fully saturated rings. The predicted octanol–water partition coefficient (Wildman–Crippen LogP) is 0.612. The highest BCUT2D eigenvalue weighted by molar-refractivity contribution is 5.67. The first-order valence-corrected chi connectivity index (χ1v) is 3.23. The van der Waals surface area contributed by atoms with Gasteiger partial charge in [0.1, 0.15) is 0 Å². The summed E-state index contributed by atoms with van der Waals surface area (Å²) in [6.45, 7) is 3.92. The van der Waals surface area contributed by atoms with Gasteiger partial charge in [-0.25, -0.2) is 0 Å². The highest BCUT2D eigenvalue weighted by atomic mass is 16.4. The highest BCUT2D eigenvalue weighted by Crippen LogP contribution is 2.06. The van der Waals surface area contributed by atoms with Gasteiger partial charge in [-0.15, -0.1) is 6.58 Å². The fourth-order valence-corrected chi connectivity index (χ4v) is 0.746. The number of hydrogen-bond donors (Lipinski definition) is 2. The molecule has 0 saturated carbocycles. The summed E-state index contributed by atoms with van der Waals surface area (Å²) in [5, 5.41) is 8.35. The smallest absolute Gasteiger partial charge is 0.303 e. The zero-order chi connectivity index (χ0) is 7.98. The van der Waals surface area contributed by atoms with Gasteiger partial charge in [-0.3, -0.25) is 4.79 Å². The lowest BCUT2D eigenvalue weighted by Gasteiger charge is -2.07. The summed E-state index contributed by atoms with van der Waals surface area (Å²) in [5.41, 5.74) is 5.30. The number of allylic oxidation sites excluding steroid dienone is 1. The Bertz CT molecular complexity index is 123. The van der Waals surface area contributed by atoms with Crippen molar-refractivity contribution in [2.75, 3.05) is 6.54 Å². The molecule has 0 saturated heterocycles. The molecule has 1 unspecified atom stereocenters. The first kappa shape index (κ1) is 9.17. The lowest BCUT2D eigenvalue weighted by atomic mass is 10.0. The fourth-order valence-electron chi connectivity index (χ4n) is 0.746. The van der Waals surface area contributed by atoms with E-state index in [1.165, 1.54) is 0 Å². The van der Waals surface area contributed by atoms with Gasteiger partial charge in [0, 0.05) is 6.42 Å². The van der Waals surface area contributed by atoms with Gasteiger partial charge in [-0.05, 0) is 18.9 Å². The molecule has 0 bridgehead atoms. The van der Waals surface area contributed by atoms with Crippen molar-refractivity contribution in [2.45, 2.75) is 12.8 Å². The molecule has 0 aliphatic heterocycles. The summed E-state index contributed by atoms with van der Waals surface area (Å²) < 4.78 is 0. The molecule has 0 spiro atoms. The molecule has 0 aromatic heterocycles. The third kappa shape index (κ3) is 4.09. The van der Waals surface area contributed by atoms with Crippen LogP contribution in [0, 0.1) is 5.92 Å². The Morgan fingerprint density at radius 2 is 2.40 bits per heavy atom. The normalized spacial score (nSPS) is 12.5. The number of carboxylic acid groups (broad SMARTS) is 1. The first-order chi connectivity index (χ1) is 4.70. The Morgan fingerprint density at radius 1 is 1.80 bits per heavy atom. The van der Waals surface area contributed by atoms with Crippen molar-refractivity contribution < 1.29 is 9.90 Å². The van der Waals surface area contributed by atoms with Gasteiger partial charge in [-0.1, -0.05) is 6.08 Å². The number of carbonyl (C=O) groups is 1. The Morgan fingerprint density at radius 3 is 2.70 bits per heavy atom. The van der Waals surface area contributed by atoms with Crippen molar-refractivity contribution in [3.8, 4) is 0 Å². The van der Waals surface area contributed by atoms with Crippen molar-refractivity contribution in [1.29, 1.82) is 0 Å². The fraction of sp³-hybridized carbons (Fsp3) is 0.571. The van der Waals surface area contributed by atoms with E-state index in [1.54, 1.807) is 6.08 Å². The zero-order valence-electron chi connectivity index (χ0n) is 5.92. The van der Waals surface area contributed by atoms with E-state index < -0.39 is 5.97 Å². The van der Waals surface area contributed by atoms with Gasteiger partial charge in [0.05, 0.1) is 0 Å². The van der Waals surface area contributed by atoms with E-state index in [9.17, 15) is 4.79 Å². The van der Waals surface area contributed by atoms with Gasteiger partial charge in [0.25, 0.3) is 0 Å². The molecule has 0 aromatic rings. The molecule has 0 heterocycles. The molecule has 0 rings (SSSR count). The minimum absolute atomic E-state index is 0.0509. The van der Waals surface area contributed by atoms with Gasteiger partial charge < -0.3 is 10.8 Å². The molecule has 0 aliphatic carbocycles. The number of aliphatic carboxylic acids is 1. The summed E-state index contributed by atoms with van der Waals surface area (Å²) >= 11 is 0. The van der Waals surface area contributed by atoms with Crippen LogP contribution >= 0.6 is 0 Å². The highest BCUT2D eigenvalue weighted by Gasteiger charge is 2.08. The average Bonchev–Trinajstić information content (AvgIpc) is 1.86. The van der Waals surface area contributed by atoms with Crippen LogP contribution in [0.5, 0.6) is 0 Å². The van der Waals surface area contributed by atoms with E-state index in [0.29, 0.717) is 13.0 Å². The standard InChI is InChI=1S/C7H13NO2/c1-2-3-6(5-8)4-7(9)10/h2,6H,1,3-5,8H2,(H,9,10). The summed E-state index contributed by atoms with van der Waals surface area (Å²) in [4.78, 5) is 10.2. The van der Waals surface area contributed by atoms with Crippen molar-refractivity contribution in [3.05, 3.63) is 12.7 Å². The first-order valence-electron chi connectivity index (χ1n) is 3.23. The molecule has 0 amide bonds. The largest absolute Gasteiger partial charge is 0.481 e. The molecule has 0 aromatic carbocycles. The van der Waals surface area contributed by atoms with E-state index in [1.807, 2.05) is 0 Å². The summed E-state index contributed by atoms with van der Waals surface area (Å²) in [7, 11) is 0. The maximum absolute atomic E-state index is 10.2. The van der Waals surface area contributed by atoms with Gasteiger partial charge in [0.15, 0.2) is 0 Å². The lowest BCUT2D eigenvalue weighted by molar-refractivity contribution is -0.138. The quantitative estimate of drug-likeness (QED) is 0.554. The van der Waals surface area contributed by atoms with Crippen LogP contribution in [0.15, 0.2) is 12.7 Å². The summed E-state index contributed by atoms with van der Waals surface area (Å²) in [6, 6.07) is 0. The summed E-state index contributed by atoms with van der Waals surface area (Å²) in [5.74, 6) is -0.743. The Hall–Kier alpha value is -0.830. The number of carboxylic acids is 1. The van der Waals surface area contributed by atoms with E-state index in [4.69, 9.17) is 10.8 Å². The van der Waals surface area contributed by atoms with E-state index >= 15 is 0 Å².